The monoisotopic (exact) mass is 478 g/mol. The van der Waals surface area contributed by atoms with Crippen molar-refractivity contribution in [2.24, 2.45) is 0 Å². The third-order valence-electron chi connectivity index (χ3n) is 5.84. The second-order valence-electron chi connectivity index (χ2n) is 8.17. The number of fused-ring (bicyclic) bond motifs is 1. The number of hydrogen-bond donors (Lipinski definition) is 1. The van der Waals surface area contributed by atoms with E-state index in [1.54, 1.807) is 18.3 Å². The summed E-state index contributed by atoms with van der Waals surface area (Å²) in [5, 5.41) is 0. The van der Waals surface area contributed by atoms with Gasteiger partial charge in [0.25, 0.3) is 0 Å². The Morgan fingerprint density at radius 3 is 2.45 bits per heavy atom. The third kappa shape index (κ3) is 5.06. The number of aryl methyl sites for hydroxylation is 2. The number of halogens is 3. The van der Waals surface area contributed by atoms with Crippen LogP contribution in [-0.4, -0.2) is 40.8 Å². The highest BCUT2D eigenvalue weighted by molar-refractivity contribution is 7.89. The number of H-pyrrole nitrogens is 1. The predicted molar refractivity (Wildman–Crippen MR) is 120 cm³/mol. The van der Waals surface area contributed by atoms with Crippen LogP contribution in [0.25, 0.3) is 0 Å². The summed E-state index contributed by atoms with van der Waals surface area (Å²) in [6, 6.07) is 16.2. The van der Waals surface area contributed by atoms with Crippen LogP contribution in [0.5, 0.6) is 0 Å². The molecule has 4 rings (SSSR count). The van der Waals surface area contributed by atoms with Gasteiger partial charge in [0.1, 0.15) is 5.82 Å². The number of hydrogen-bond acceptors (Lipinski definition) is 4. The van der Waals surface area contributed by atoms with Gasteiger partial charge in [0, 0.05) is 24.8 Å². The molecule has 0 unspecified atom stereocenters. The molecule has 3 aromatic rings. The number of aromatic nitrogens is 2. The van der Waals surface area contributed by atoms with E-state index in [4.69, 9.17) is 0 Å². The lowest BCUT2D eigenvalue weighted by molar-refractivity contribution is -0.0492. The van der Waals surface area contributed by atoms with Crippen LogP contribution in [0.15, 0.2) is 60.8 Å². The summed E-state index contributed by atoms with van der Waals surface area (Å²) in [4.78, 5) is 9.40. The highest BCUT2D eigenvalue weighted by Crippen LogP contribution is 2.35. The molecule has 6 nitrogen and oxygen atoms in total. The van der Waals surface area contributed by atoms with Crippen LogP contribution < -0.4 is 4.90 Å². The Hall–Kier alpha value is -2.85. The van der Waals surface area contributed by atoms with Crippen molar-refractivity contribution in [1.29, 1.82) is 0 Å². The molecule has 33 heavy (non-hydrogen) atoms. The Kier molecular flexibility index (Phi) is 6.49. The summed E-state index contributed by atoms with van der Waals surface area (Å²) in [6.07, 6.45) is 2.78. The first-order valence-corrected chi connectivity index (χ1v) is 12.0. The zero-order chi connectivity index (χ0) is 23.6. The molecule has 0 saturated carbocycles. The molecule has 0 amide bonds. The van der Waals surface area contributed by atoms with Crippen molar-refractivity contribution in [2.75, 3.05) is 11.4 Å². The standard InChI is InChI=1S/C23H25F3N4O2S/c1-17-27-13-20(28-17)15-30-21(12-11-18-7-3-2-4-8-18)16-29(33(31,32)23(24,25)26)14-19-9-5-6-10-22(19)30/h2-10,13,21H,11-12,14-16H2,1H3,(H,27,28)/t21-/m0/s1. The minimum atomic E-state index is -5.49. The fourth-order valence-corrected chi connectivity index (χ4v) is 5.18. The normalized spacial score (nSPS) is 17.6. The van der Waals surface area contributed by atoms with Crippen molar-refractivity contribution in [1.82, 2.24) is 14.3 Å². The fourth-order valence-electron chi connectivity index (χ4n) is 4.21. The lowest BCUT2D eigenvalue weighted by Crippen LogP contribution is -2.47. The Bertz CT molecular complexity index is 1200. The molecule has 0 saturated heterocycles. The van der Waals surface area contributed by atoms with Gasteiger partial charge in [0.05, 0.1) is 18.4 Å². The van der Waals surface area contributed by atoms with Crippen molar-refractivity contribution < 1.29 is 21.6 Å². The number of alkyl halides is 3. The maximum Gasteiger partial charge on any atom is 0.511 e. The van der Waals surface area contributed by atoms with Crippen molar-refractivity contribution in [3.05, 3.63) is 83.4 Å². The van der Waals surface area contributed by atoms with Gasteiger partial charge in [-0.15, -0.1) is 0 Å². The maximum atomic E-state index is 13.5. The highest BCUT2D eigenvalue weighted by atomic mass is 32.2. The van der Waals surface area contributed by atoms with Gasteiger partial charge in [-0.1, -0.05) is 48.5 Å². The van der Waals surface area contributed by atoms with E-state index in [-0.39, 0.29) is 13.1 Å². The Labute approximate surface area is 191 Å². The van der Waals surface area contributed by atoms with E-state index in [0.717, 1.165) is 22.8 Å². The number of sulfonamides is 1. The Morgan fingerprint density at radius 1 is 1.09 bits per heavy atom. The van der Waals surface area contributed by atoms with E-state index in [2.05, 4.69) is 9.97 Å². The molecule has 10 heteroatoms. The van der Waals surface area contributed by atoms with Crippen LogP contribution >= 0.6 is 0 Å². The highest BCUT2D eigenvalue weighted by Gasteiger charge is 2.51. The van der Waals surface area contributed by atoms with Crippen molar-refractivity contribution in [2.45, 2.75) is 44.4 Å². The minimum Gasteiger partial charge on any atom is -0.361 e. The summed E-state index contributed by atoms with van der Waals surface area (Å²) in [6.45, 7) is 1.59. The minimum absolute atomic E-state index is 0.267. The molecule has 0 radical (unpaired) electrons. The second kappa shape index (κ2) is 9.18. The topological polar surface area (TPSA) is 69.3 Å². The first-order chi connectivity index (χ1) is 15.6. The summed E-state index contributed by atoms with van der Waals surface area (Å²) < 4.78 is 65.9. The number of aromatic amines is 1. The molecular weight excluding hydrogens is 453 g/mol. The second-order valence-corrected chi connectivity index (χ2v) is 10.1. The molecule has 2 aromatic carbocycles. The number of nitrogens with zero attached hydrogens (tertiary/aromatic N) is 3. The number of imidazole rings is 1. The van der Waals surface area contributed by atoms with Crippen molar-refractivity contribution in [3.8, 4) is 0 Å². The lowest BCUT2D eigenvalue weighted by atomic mass is 10.0. The molecule has 0 aliphatic carbocycles. The number of rotatable bonds is 6. The third-order valence-corrected chi connectivity index (χ3v) is 7.38. The van der Waals surface area contributed by atoms with E-state index >= 15 is 0 Å². The first kappa shape index (κ1) is 23.3. The SMILES string of the molecule is Cc1ncc(CN2c3ccccc3CN(S(=O)(=O)C(F)(F)F)C[C@@H]2CCc2ccccc2)[nH]1. The van der Waals surface area contributed by atoms with Gasteiger partial charge in [-0.2, -0.15) is 17.5 Å². The lowest BCUT2D eigenvalue weighted by Gasteiger charge is -2.34. The van der Waals surface area contributed by atoms with Gasteiger partial charge < -0.3 is 9.88 Å². The molecule has 0 spiro atoms. The molecule has 1 N–H and O–H groups in total. The number of benzene rings is 2. The van der Waals surface area contributed by atoms with E-state index in [1.807, 2.05) is 54.3 Å². The van der Waals surface area contributed by atoms with Gasteiger partial charge in [0.15, 0.2) is 0 Å². The van der Waals surface area contributed by atoms with Crippen molar-refractivity contribution >= 4 is 15.7 Å². The molecule has 0 fully saturated rings. The molecule has 1 aliphatic rings. The van der Waals surface area contributed by atoms with Crippen molar-refractivity contribution in [3.63, 3.8) is 0 Å². The predicted octanol–water partition coefficient (Wildman–Crippen LogP) is 4.39. The van der Waals surface area contributed by atoms with Crippen LogP contribution in [0, 0.1) is 6.92 Å². The quantitative estimate of drug-likeness (QED) is 0.571. The maximum absolute atomic E-state index is 13.5. The first-order valence-electron chi connectivity index (χ1n) is 10.6. The van der Waals surface area contributed by atoms with Gasteiger partial charge >= 0.3 is 15.5 Å². The van der Waals surface area contributed by atoms with Crippen LogP contribution in [0.2, 0.25) is 0 Å². The van der Waals surface area contributed by atoms with E-state index in [9.17, 15) is 21.6 Å². The Balaban J connectivity index is 1.74. The average molecular weight is 479 g/mol. The summed E-state index contributed by atoms with van der Waals surface area (Å²) >= 11 is 0. The van der Waals surface area contributed by atoms with Crippen LogP contribution in [0.1, 0.15) is 29.1 Å². The number of nitrogens with one attached hydrogen (secondary N) is 1. The average Bonchev–Trinajstić information content (AvgIpc) is 3.11. The van der Waals surface area contributed by atoms with E-state index in [1.165, 1.54) is 0 Å². The van der Waals surface area contributed by atoms with E-state index in [0.29, 0.717) is 29.3 Å². The summed E-state index contributed by atoms with van der Waals surface area (Å²) in [5.74, 6) is 0.732. The molecule has 1 aromatic heterocycles. The van der Waals surface area contributed by atoms with E-state index < -0.39 is 21.6 Å². The van der Waals surface area contributed by atoms with Gasteiger partial charge in [-0.3, -0.25) is 0 Å². The van der Waals surface area contributed by atoms with Gasteiger partial charge in [0.2, 0.25) is 0 Å². The van der Waals surface area contributed by atoms with Crippen LogP contribution in [0.4, 0.5) is 18.9 Å². The number of para-hydroxylation sites is 1. The molecule has 0 bridgehead atoms. The zero-order valence-corrected chi connectivity index (χ0v) is 18.9. The molecular formula is C23H25F3N4O2S. The number of anilines is 1. The molecule has 176 valence electrons. The smallest absolute Gasteiger partial charge is 0.361 e. The summed E-state index contributed by atoms with van der Waals surface area (Å²) in [7, 11) is -5.49. The molecule has 1 aliphatic heterocycles. The van der Waals surface area contributed by atoms with Gasteiger partial charge in [-0.25, -0.2) is 13.4 Å². The zero-order valence-electron chi connectivity index (χ0n) is 18.1. The van der Waals surface area contributed by atoms with Crippen LogP contribution in [-0.2, 0) is 29.5 Å². The fraction of sp³-hybridized carbons (Fsp3) is 0.348. The summed E-state index contributed by atoms with van der Waals surface area (Å²) in [5.41, 5.74) is -2.26. The van der Waals surface area contributed by atoms with Gasteiger partial charge in [-0.05, 0) is 37.0 Å². The Morgan fingerprint density at radius 2 is 1.79 bits per heavy atom. The largest absolute Gasteiger partial charge is 0.511 e. The molecule has 1 atom stereocenters. The van der Waals surface area contributed by atoms with Crippen LogP contribution in [0.3, 0.4) is 0 Å². The molecule has 2 heterocycles.